The fourth-order valence-corrected chi connectivity index (χ4v) is 4.82. The second-order valence-electron chi connectivity index (χ2n) is 8.54. The Morgan fingerprint density at radius 1 is 1.12 bits per heavy atom. The van der Waals surface area contributed by atoms with Crippen LogP contribution in [0.5, 0.6) is 0 Å². The number of hydrogen-bond donors (Lipinski definition) is 0. The maximum absolute atomic E-state index is 13.6. The molecule has 32 heavy (non-hydrogen) atoms. The van der Waals surface area contributed by atoms with Crippen molar-refractivity contribution >= 4 is 16.8 Å². The fraction of sp³-hybridized carbons (Fsp3) is 0.423. The largest absolute Gasteiger partial charge is 0.332 e. The number of fused-ring (bicyclic) bond motifs is 1. The van der Waals surface area contributed by atoms with Crippen molar-refractivity contribution < 1.29 is 9.18 Å². The molecule has 1 aliphatic carbocycles. The number of carbonyl (C=O) groups is 1. The van der Waals surface area contributed by atoms with Crippen molar-refractivity contribution in [3.8, 4) is 5.69 Å². The highest BCUT2D eigenvalue weighted by Gasteiger charge is 2.33. The van der Waals surface area contributed by atoms with E-state index in [-0.39, 0.29) is 29.2 Å². The number of rotatable bonds is 7. The molecule has 0 saturated heterocycles. The summed E-state index contributed by atoms with van der Waals surface area (Å²) < 4.78 is 15.2. The topological polar surface area (TPSA) is 55.2 Å². The second-order valence-corrected chi connectivity index (χ2v) is 8.54. The van der Waals surface area contributed by atoms with Gasteiger partial charge >= 0.3 is 0 Å². The highest BCUT2D eigenvalue weighted by atomic mass is 19.1. The zero-order valence-electron chi connectivity index (χ0n) is 18.8. The number of hydrogen-bond acceptors (Lipinski definition) is 3. The Labute approximate surface area is 187 Å². The third-order valence-corrected chi connectivity index (χ3v) is 6.40. The Morgan fingerprint density at radius 2 is 1.81 bits per heavy atom. The van der Waals surface area contributed by atoms with Gasteiger partial charge < -0.3 is 4.90 Å². The zero-order chi connectivity index (χ0) is 22.7. The molecule has 0 aliphatic heterocycles. The number of para-hydroxylation sites is 1. The molecule has 1 unspecified atom stereocenters. The van der Waals surface area contributed by atoms with Crippen LogP contribution < -0.4 is 5.56 Å². The van der Waals surface area contributed by atoms with E-state index in [4.69, 9.17) is 4.98 Å². The zero-order valence-corrected chi connectivity index (χ0v) is 18.8. The molecule has 0 N–H and O–H groups in total. The molecule has 1 fully saturated rings. The maximum Gasteiger partial charge on any atom is 0.266 e. The van der Waals surface area contributed by atoms with Gasteiger partial charge in [-0.2, -0.15) is 0 Å². The van der Waals surface area contributed by atoms with Gasteiger partial charge in [0.2, 0.25) is 5.91 Å². The first kappa shape index (κ1) is 22.2. The smallest absolute Gasteiger partial charge is 0.266 e. The molecule has 168 valence electrons. The van der Waals surface area contributed by atoms with E-state index >= 15 is 0 Å². The van der Waals surface area contributed by atoms with E-state index < -0.39 is 0 Å². The van der Waals surface area contributed by atoms with Crippen molar-refractivity contribution in [1.82, 2.24) is 14.5 Å². The lowest BCUT2D eigenvalue weighted by Gasteiger charge is -2.34. The van der Waals surface area contributed by atoms with Crippen LogP contribution in [-0.4, -0.2) is 26.9 Å². The number of aromatic nitrogens is 2. The molecule has 3 aromatic rings. The first-order valence-corrected chi connectivity index (χ1v) is 11.6. The first-order chi connectivity index (χ1) is 15.5. The summed E-state index contributed by atoms with van der Waals surface area (Å²) in [5, 5.41) is 0.500. The van der Waals surface area contributed by atoms with Crippen molar-refractivity contribution in [2.45, 2.75) is 58.4 Å². The summed E-state index contributed by atoms with van der Waals surface area (Å²) in [6, 6.07) is 12.8. The third-order valence-electron chi connectivity index (χ3n) is 6.40. The summed E-state index contributed by atoms with van der Waals surface area (Å²) in [5.74, 6) is 0.363. The Hall–Kier alpha value is -3.02. The standard InChI is InChI=1S/C26H30FN3O2/c1-3-17-29(25(31)18-9-5-6-10-18)23(4-2)24-28-22-12-8-7-11-21(22)26(32)30(24)20-15-13-19(27)14-16-20/h7-8,11-16,18,23H,3-6,9-10,17H2,1-2H3. The van der Waals surface area contributed by atoms with E-state index in [1.807, 2.05) is 30.0 Å². The van der Waals surface area contributed by atoms with Gasteiger partial charge in [-0.1, -0.05) is 38.8 Å². The number of carbonyl (C=O) groups excluding carboxylic acids is 1. The summed E-state index contributed by atoms with van der Waals surface area (Å²) in [7, 11) is 0. The van der Waals surface area contributed by atoms with Crippen molar-refractivity contribution in [1.29, 1.82) is 0 Å². The summed E-state index contributed by atoms with van der Waals surface area (Å²) in [4.78, 5) is 33.9. The molecule has 1 heterocycles. The van der Waals surface area contributed by atoms with Crippen LogP contribution >= 0.6 is 0 Å². The van der Waals surface area contributed by atoms with E-state index in [0.717, 1.165) is 32.1 Å². The molecular weight excluding hydrogens is 405 g/mol. The van der Waals surface area contributed by atoms with Crippen LogP contribution in [0.2, 0.25) is 0 Å². The molecule has 1 aromatic heterocycles. The number of nitrogens with zero attached hydrogens (tertiary/aromatic N) is 3. The fourth-order valence-electron chi connectivity index (χ4n) is 4.82. The van der Waals surface area contributed by atoms with E-state index in [1.165, 1.54) is 12.1 Å². The van der Waals surface area contributed by atoms with Crippen LogP contribution in [0.1, 0.15) is 64.2 Å². The molecule has 2 aromatic carbocycles. The van der Waals surface area contributed by atoms with Crippen molar-refractivity contribution in [3.63, 3.8) is 0 Å². The maximum atomic E-state index is 13.6. The molecule has 0 spiro atoms. The van der Waals surface area contributed by atoms with Crippen LogP contribution in [0.4, 0.5) is 4.39 Å². The molecule has 1 amide bonds. The Morgan fingerprint density at radius 3 is 2.47 bits per heavy atom. The van der Waals surface area contributed by atoms with Gasteiger partial charge in [-0.25, -0.2) is 9.37 Å². The van der Waals surface area contributed by atoms with E-state index in [0.29, 0.717) is 35.4 Å². The lowest BCUT2D eigenvalue weighted by molar-refractivity contribution is -0.138. The molecule has 0 radical (unpaired) electrons. The van der Waals surface area contributed by atoms with Crippen molar-refractivity contribution in [2.75, 3.05) is 6.54 Å². The van der Waals surface area contributed by atoms with Crippen LogP contribution in [0.15, 0.2) is 53.3 Å². The van der Waals surface area contributed by atoms with Crippen LogP contribution in [0, 0.1) is 11.7 Å². The number of halogens is 1. The van der Waals surface area contributed by atoms with E-state index in [2.05, 4.69) is 6.92 Å². The molecule has 1 atom stereocenters. The quantitative estimate of drug-likeness (QED) is 0.499. The monoisotopic (exact) mass is 435 g/mol. The lowest BCUT2D eigenvalue weighted by Crippen LogP contribution is -2.41. The van der Waals surface area contributed by atoms with Crippen molar-refractivity contribution in [3.05, 3.63) is 70.5 Å². The predicted octanol–water partition coefficient (Wildman–Crippen LogP) is 5.40. The lowest BCUT2D eigenvalue weighted by atomic mass is 10.0. The van der Waals surface area contributed by atoms with Crippen LogP contribution in [0.3, 0.4) is 0 Å². The van der Waals surface area contributed by atoms with Gasteiger partial charge in [-0.15, -0.1) is 0 Å². The minimum absolute atomic E-state index is 0.0436. The van der Waals surface area contributed by atoms with E-state index in [9.17, 15) is 14.0 Å². The molecule has 0 bridgehead atoms. The van der Waals surface area contributed by atoms with Gasteiger partial charge in [-0.3, -0.25) is 14.2 Å². The van der Waals surface area contributed by atoms with Gasteiger partial charge in [0, 0.05) is 12.5 Å². The van der Waals surface area contributed by atoms with Gasteiger partial charge in [-0.05, 0) is 62.1 Å². The first-order valence-electron chi connectivity index (χ1n) is 11.6. The Bertz CT molecular complexity index is 1150. The highest BCUT2D eigenvalue weighted by Crippen LogP contribution is 2.32. The van der Waals surface area contributed by atoms with Gasteiger partial charge in [0.15, 0.2) is 0 Å². The normalized spacial score (nSPS) is 15.2. The summed E-state index contributed by atoms with van der Waals surface area (Å²) in [6.45, 7) is 4.69. The molecular formula is C26H30FN3O2. The van der Waals surface area contributed by atoms with Gasteiger partial charge in [0.1, 0.15) is 11.6 Å². The Balaban J connectivity index is 1.91. The highest BCUT2D eigenvalue weighted by molar-refractivity contribution is 5.80. The summed E-state index contributed by atoms with van der Waals surface area (Å²) >= 11 is 0. The third kappa shape index (κ3) is 4.18. The second kappa shape index (κ2) is 9.63. The summed E-state index contributed by atoms with van der Waals surface area (Å²) in [6.07, 6.45) is 5.47. The average molecular weight is 436 g/mol. The molecule has 5 nitrogen and oxygen atoms in total. The van der Waals surface area contributed by atoms with Crippen LogP contribution in [0.25, 0.3) is 16.6 Å². The molecule has 4 rings (SSSR count). The van der Waals surface area contributed by atoms with E-state index in [1.54, 1.807) is 22.8 Å². The molecule has 6 heteroatoms. The van der Waals surface area contributed by atoms with Gasteiger partial charge in [0.05, 0.1) is 22.6 Å². The number of benzene rings is 2. The Kier molecular flexibility index (Phi) is 6.68. The SMILES string of the molecule is CCCN(C(=O)C1CCCC1)C(CC)c1nc2ccccc2c(=O)n1-c1ccc(F)cc1. The van der Waals surface area contributed by atoms with Crippen LogP contribution in [-0.2, 0) is 4.79 Å². The minimum atomic E-state index is -0.367. The summed E-state index contributed by atoms with van der Waals surface area (Å²) in [5.41, 5.74) is 0.947. The predicted molar refractivity (Wildman–Crippen MR) is 124 cm³/mol. The number of amides is 1. The van der Waals surface area contributed by atoms with Gasteiger partial charge in [0.25, 0.3) is 5.56 Å². The minimum Gasteiger partial charge on any atom is -0.332 e. The van der Waals surface area contributed by atoms with Crippen molar-refractivity contribution in [2.24, 2.45) is 5.92 Å². The molecule has 1 saturated carbocycles. The molecule has 1 aliphatic rings. The average Bonchev–Trinajstić information content (AvgIpc) is 3.35.